The normalized spacial score (nSPS) is 21.0. The van der Waals surface area contributed by atoms with E-state index < -0.39 is 0 Å². The molecular formula is C14H20N6O2S. The molecule has 0 amide bonds. The van der Waals surface area contributed by atoms with Crippen LogP contribution in [0.25, 0.3) is 0 Å². The Morgan fingerprint density at radius 2 is 1.91 bits per heavy atom. The summed E-state index contributed by atoms with van der Waals surface area (Å²) in [6.07, 6.45) is 3.97. The summed E-state index contributed by atoms with van der Waals surface area (Å²) in [5.74, 6) is 2.51. The minimum atomic E-state index is -0.229. The first kappa shape index (κ1) is 14.8. The fraction of sp³-hybridized carbons (Fsp3) is 0.714. The number of aromatic amines is 2. The van der Waals surface area contributed by atoms with E-state index in [0.29, 0.717) is 11.8 Å². The van der Waals surface area contributed by atoms with Crippen molar-refractivity contribution in [1.82, 2.24) is 24.5 Å². The third-order valence-corrected chi connectivity index (χ3v) is 5.48. The molecule has 0 spiro atoms. The number of aromatic nitrogens is 5. The van der Waals surface area contributed by atoms with Gasteiger partial charge in [0.1, 0.15) is 11.6 Å². The summed E-state index contributed by atoms with van der Waals surface area (Å²) in [5.41, 5.74) is -0.229. The lowest BCUT2D eigenvalue weighted by molar-refractivity contribution is 0.0838. The Morgan fingerprint density at radius 3 is 2.61 bits per heavy atom. The van der Waals surface area contributed by atoms with Crippen LogP contribution >= 0.6 is 11.5 Å². The van der Waals surface area contributed by atoms with Gasteiger partial charge in [0, 0.05) is 49.7 Å². The summed E-state index contributed by atoms with van der Waals surface area (Å²) in [5, 5.41) is 7.51. The predicted octanol–water partition coefficient (Wildman–Crippen LogP) is 1.23. The van der Waals surface area contributed by atoms with Crippen molar-refractivity contribution < 1.29 is 4.74 Å². The van der Waals surface area contributed by atoms with Crippen molar-refractivity contribution >= 4 is 16.7 Å². The molecule has 23 heavy (non-hydrogen) atoms. The van der Waals surface area contributed by atoms with E-state index in [1.54, 1.807) is 0 Å². The van der Waals surface area contributed by atoms with Gasteiger partial charge in [-0.05, 0) is 25.7 Å². The van der Waals surface area contributed by atoms with Crippen LogP contribution in [0, 0.1) is 0 Å². The van der Waals surface area contributed by atoms with Gasteiger partial charge in [-0.15, -0.1) is 0 Å². The fourth-order valence-electron chi connectivity index (χ4n) is 3.30. The zero-order valence-electron chi connectivity index (χ0n) is 12.8. The number of ether oxygens (including phenoxy) is 1. The molecule has 2 N–H and O–H groups in total. The van der Waals surface area contributed by atoms with Crippen molar-refractivity contribution in [3.63, 3.8) is 0 Å². The number of H-pyrrole nitrogens is 2. The van der Waals surface area contributed by atoms with E-state index in [2.05, 4.69) is 24.5 Å². The van der Waals surface area contributed by atoms with Crippen molar-refractivity contribution in [2.75, 3.05) is 31.2 Å². The van der Waals surface area contributed by atoms with Gasteiger partial charge in [-0.1, -0.05) is 0 Å². The lowest BCUT2D eigenvalue weighted by Gasteiger charge is -2.30. The molecule has 0 unspecified atom stereocenters. The van der Waals surface area contributed by atoms with Crippen molar-refractivity contribution in [3.05, 3.63) is 22.1 Å². The molecule has 9 heteroatoms. The topological polar surface area (TPSA) is 99.8 Å². The molecule has 0 saturated carbocycles. The van der Waals surface area contributed by atoms with Crippen LogP contribution in [0.4, 0.5) is 5.13 Å². The molecule has 0 bridgehead atoms. The van der Waals surface area contributed by atoms with Gasteiger partial charge in [0.25, 0.3) is 0 Å². The zero-order valence-corrected chi connectivity index (χ0v) is 13.6. The summed E-state index contributed by atoms with van der Waals surface area (Å²) in [6.45, 7) is 3.46. The quantitative estimate of drug-likeness (QED) is 0.874. The number of rotatable bonds is 3. The zero-order chi connectivity index (χ0) is 15.6. The van der Waals surface area contributed by atoms with E-state index in [-0.39, 0.29) is 5.69 Å². The smallest absolute Gasteiger partial charge is 0.340 e. The Balaban J connectivity index is 1.38. The van der Waals surface area contributed by atoms with Gasteiger partial charge in [-0.2, -0.15) is 9.47 Å². The largest absolute Gasteiger partial charge is 0.381 e. The number of piperidine rings is 1. The van der Waals surface area contributed by atoms with Gasteiger partial charge in [0.2, 0.25) is 5.13 Å². The van der Waals surface area contributed by atoms with Crippen molar-refractivity contribution in [1.29, 1.82) is 0 Å². The van der Waals surface area contributed by atoms with Crippen LogP contribution in [-0.2, 0) is 4.74 Å². The highest BCUT2D eigenvalue weighted by Crippen LogP contribution is 2.32. The monoisotopic (exact) mass is 336 g/mol. The lowest BCUT2D eigenvalue weighted by Crippen LogP contribution is -2.33. The highest BCUT2D eigenvalue weighted by atomic mass is 32.1. The van der Waals surface area contributed by atoms with E-state index in [0.717, 1.165) is 68.8 Å². The van der Waals surface area contributed by atoms with Gasteiger partial charge in [0.05, 0.1) is 0 Å². The van der Waals surface area contributed by atoms with Crippen molar-refractivity contribution in [2.45, 2.75) is 37.5 Å². The SMILES string of the molecule is O=c1[nH]nc(C2CCN(c3nc(C4CCOCC4)ns3)CC2)[nH]1. The molecule has 0 atom stereocenters. The van der Waals surface area contributed by atoms with Crippen LogP contribution in [-0.4, -0.2) is 50.8 Å². The van der Waals surface area contributed by atoms with Crippen molar-refractivity contribution in [2.24, 2.45) is 0 Å². The number of nitrogens with one attached hydrogen (secondary N) is 2. The Bertz CT molecular complexity index is 696. The van der Waals surface area contributed by atoms with Gasteiger partial charge in [-0.25, -0.2) is 14.9 Å². The second kappa shape index (κ2) is 6.40. The van der Waals surface area contributed by atoms with E-state index >= 15 is 0 Å². The Labute approximate surface area is 137 Å². The van der Waals surface area contributed by atoms with E-state index in [1.807, 2.05) is 0 Å². The van der Waals surface area contributed by atoms with Crippen LogP contribution < -0.4 is 10.6 Å². The summed E-state index contributed by atoms with van der Waals surface area (Å²) < 4.78 is 9.97. The van der Waals surface area contributed by atoms with Crippen molar-refractivity contribution in [3.8, 4) is 0 Å². The lowest BCUT2D eigenvalue weighted by atomic mass is 9.96. The maximum atomic E-state index is 11.2. The first-order chi connectivity index (χ1) is 11.3. The molecule has 4 rings (SSSR count). The fourth-order valence-corrected chi connectivity index (χ4v) is 4.09. The summed E-state index contributed by atoms with van der Waals surface area (Å²) in [6, 6.07) is 0. The van der Waals surface area contributed by atoms with Crippen LogP contribution in [0.2, 0.25) is 0 Å². The molecule has 2 saturated heterocycles. The Morgan fingerprint density at radius 1 is 1.13 bits per heavy atom. The highest BCUT2D eigenvalue weighted by molar-refractivity contribution is 7.09. The second-order valence-corrected chi connectivity index (χ2v) is 6.88. The summed E-state index contributed by atoms with van der Waals surface area (Å²) in [7, 11) is 0. The van der Waals surface area contributed by atoms with E-state index in [9.17, 15) is 4.79 Å². The van der Waals surface area contributed by atoms with Gasteiger partial charge >= 0.3 is 5.69 Å². The third kappa shape index (κ3) is 3.16. The molecule has 0 aromatic carbocycles. The maximum absolute atomic E-state index is 11.2. The maximum Gasteiger partial charge on any atom is 0.340 e. The average Bonchev–Trinajstić information content (AvgIpc) is 3.25. The molecule has 124 valence electrons. The molecule has 2 aliphatic heterocycles. The Hall–Kier alpha value is -1.74. The molecule has 0 aliphatic carbocycles. The Kier molecular flexibility index (Phi) is 4.13. The minimum absolute atomic E-state index is 0.229. The molecule has 2 aromatic heterocycles. The number of nitrogens with zero attached hydrogens (tertiary/aromatic N) is 4. The van der Waals surface area contributed by atoms with Gasteiger partial charge in [-0.3, -0.25) is 4.98 Å². The van der Waals surface area contributed by atoms with Gasteiger partial charge in [0.15, 0.2) is 0 Å². The molecule has 2 aromatic rings. The van der Waals surface area contributed by atoms with Crippen LogP contribution in [0.5, 0.6) is 0 Å². The standard InChI is InChI=1S/C14H20N6O2S/c21-13-15-11(17-18-13)9-1-5-20(6-2-9)14-16-12(19-23-14)10-3-7-22-8-4-10/h9-10H,1-8H2,(H2,15,17,18,21). The van der Waals surface area contributed by atoms with Crippen LogP contribution in [0.1, 0.15) is 49.2 Å². The molecule has 0 radical (unpaired) electrons. The molecule has 2 fully saturated rings. The molecule has 8 nitrogen and oxygen atoms in total. The molecular weight excluding hydrogens is 316 g/mol. The minimum Gasteiger partial charge on any atom is -0.381 e. The predicted molar refractivity (Wildman–Crippen MR) is 86.1 cm³/mol. The third-order valence-electron chi connectivity index (χ3n) is 4.69. The van der Waals surface area contributed by atoms with Crippen LogP contribution in [0.3, 0.4) is 0 Å². The number of hydrogen-bond donors (Lipinski definition) is 2. The van der Waals surface area contributed by atoms with Gasteiger partial charge < -0.3 is 9.64 Å². The van der Waals surface area contributed by atoms with E-state index in [4.69, 9.17) is 9.72 Å². The average molecular weight is 336 g/mol. The number of anilines is 1. The molecule has 2 aliphatic rings. The van der Waals surface area contributed by atoms with E-state index in [1.165, 1.54) is 11.5 Å². The second-order valence-electron chi connectivity index (χ2n) is 6.15. The van der Waals surface area contributed by atoms with Crippen LogP contribution in [0.15, 0.2) is 4.79 Å². The first-order valence-electron chi connectivity index (χ1n) is 8.10. The first-order valence-corrected chi connectivity index (χ1v) is 8.88. The number of hydrogen-bond acceptors (Lipinski definition) is 7. The molecule has 4 heterocycles. The summed E-state index contributed by atoms with van der Waals surface area (Å²) in [4.78, 5) is 21.0. The highest BCUT2D eigenvalue weighted by Gasteiger charge is 2.26. The summed E-state index contributed by atoms with van der Waals surface area (Å²) >= 11 is 1.50.